The van der Waals surface area contributed by atoms with Crippen molar-refractivity contribution in [2.75, 3.05) is 5.75 Å². The highest BCUT2D eigenvalue weighted by atomic mass is 35.5. The minimum absolute atomic E-state index is 0.235. The number of benzene rings is 1. The maximum Gasteiger partial charge on any atom is 0.168 e. The van der Waals surface area contributed by atoms with Gasteiger partial charge in [-0.1, -0.05) is 30.0 Å². The van der Waals surface area contributed by atoms with Crippen LogP contribution < -0.4 is 4.74 Å². The fraction of sp³-hybridized carbons (Fsp3) is 0.357. The first-order chi connectivity index (χ1) is 9.28. The van der Waals surface area contributed by atoms with Crippen LogP contribution in [-0.4, -0.2) is 21.4 Å². The number of thioether (sulfide) groups is 1. The predicted octanol–water partition coefficient (Wildman–Crippen LogP) is 3.25. The highest BCUT2D eigenvalue weighted by Crippen LogP contribution is 2.31. The van der Waals surface area contributed by atoms with Crippen LogP contribution in [0, 0.1) is 0 Å². The zero-order valence-corrected chi connectivity index (χ0v) is 12.2. The number of alkyl halides is 1. The maximum atomic E-state index is 5.92. The average molecular weight is 295 g/mol. The van der Waals surface area contributed by atoms with Gasteiger partial charge < -0.3 is 9.30 Å². The summed E-state index contributed by atoms with van der Waals surface area (Å²) in [6.07, 6.45) is 3.05. The van der Waals surface area contributed by atoms with Crippen LogP contribution >= 0.6 is 23.4 Å². The van der Waals surface area contributed by atoms with E-state index in [1.165, 1.54) is 5.56 Å². The van der Waals surface area contributed by atoms with Crippen LogP contribution in [0.25, 0.3) is 0 Å². The number of aromatic nitrogens is 2. The average Bonchev–Trinajstić information content (AvgIpc) is 2.99. The van der Waals surface area contributed by atoms with Crippen LogP contribution in [0.5, 0.6) is 5.75 Å². The van der Waals surface area contributed by atoms with E-state index in [0.717, 1.165) is 28.8 Å². The van der Waals surface area contributed by atoms with Crippen molar-refractivity contribution in [2.24, 2.45) is 7.05 Å². The van der Waals surface area contributed by atoms with Crippen molar-refractivity contribution < 1.29 is 4.74 Å². The van der Waals surface area contributed by atoms with Gasteiger partial charge in [0.15, 0.2) is 5.16 Å². The first-order valence-corrected chi connectivity index (χ1v) is 7.74. The van der Waals surface area contributed by atoms with Crippen LogP contribution in [0.2, 0.25) is 0 Å². The Morgan fingerprint density at radius 3 is 3.05 bits per heavy atom. The highest BCUT2D eigenvalue weighted by molar-refractivity contribution is 7.99. The minimum atomic E-state index is 0.235. The summed E-state index contributed by atoms with van der Waals surface area (Å²) in [5, 5.41) is 0.996. The zero-order valence-electron chi connectivity index (χ0n) is 10.7. The molecule has 3 rings (SSSR count). The lowest BCUT2D eigenvalue weighted by molar-refractivity contribution is 0.259. The molecule has 0 spiro atoms. The molecule has 1 aromatic carbocycles. The summed E-state index contributed by atoms with van der Waals surface area (Å²) >= 11 is 7.56. The summed E-state index contributed by atoms with van der Waals surface area (Å²) in [4.78, 5) is 4.38. The number of nitrogens with zero attached hydrogens (tertiary/aromatic N) is 2. The number of para-hydroxylation sites is 1. The van der Waals surface area contributed by atoms with Gasteiger partial charge >= 0.3 is 0 Å². The van der Waals surface area contributed by atoms with Crippen molar-refractivity contribution in [3.05, 3.63) is 41.7 Å². The largest absolute Gasteiger partial charge is 0.489 e. The number of imidazole rings is 1. The molecule has 0 saturated heterocycles. The van der Waals surface area contributed by atoms with Crippen molar-refractivity contribution >= 4 is 23.4 Å². The van der Waals surface area contributed by atoms with Gasteiger partial charge in [0.25, 0.3) is 0 Å². The minimum Gasteiger partial charge on any atom is -0.489 e. The number of ether oxygens (including phenoxy) is 1. The molecule has 0 fully saturated rings. The second-order valence-electron chi connectivity index (χ2n) is 4.59. The van der Waals surface area contributed by atoms with E-state index in [0.29, 0.717) is 5.88 Å². The lowest BCUT2D eigenvalue weighted by Crippen LogP contribution is -2.16. The molecule has 5 heteroatoms. The summed E-state index contributed by atoms with van der Waals surface area (Å²) in [5.74, 6) is 2.42. The lowest BCUT2D eigenvalue weighted by atomic mass is 10.1. The molecular weight excluding hydrogens is 280 g/mol. The molecule has 0 saturated carbocycles. The number of rotatable bonds is 4. The molecule has 100 valence electrons. The SMILES string of the molecule is Cn1c(CCl)cnc1SCC1Cc2ccccc2O1. The van der Waals surface area contributed by atoms with E-state index < -0.39 is 0 Å². The van der Waals surface area contributed by atoms with Crippen molar-refractivity contribution in [1.82, 2.24) is 9.55 Å². The molecule has 0 amide bonds. The molecule has 2 aromatic rings. The molecule has 3 nitrogen and oxygen atoms in total. The van der Waals surface area contributed by atoms with Crippen LogP contribution in [0.4, 0.5) is 0 Å². The Bertz CT molecular complexity index is 560. The molecule has 2 heterocycles. The van der Waals surface area contributed by atoms with E-state index in [9.17, 15) is 0 Å². The molecule has 0 radical (unpaired) electrons. The Hall–Kier alpha value is -1.13. The quantitative estimate of drug-likeness (QED) is 0.640. The summed E-state index contributed by atoms with van der Waals surface area (Å²) in [6, 6.07) is 8.24. The predicted molar refractivity (Wildman–Crippen MR) is 78.1 cm³/mol. The van der Waals surface area contributed by atoms with E-state index in [2.05, 4.69) is 17.1 Å². The van der Waals surface area contributed by atoms with E-state index in [1.807, 2.05) is 29.9 Å². The molecule has 19 heavy (non-hydrogen) atoms. The number of hydrogen-bond acceptors (Lipinski definition) is 3. The molecule has 1 aromatic heterocycles. The van der Waals surface area contributed by atoms with Crippen molar-refractivity contribution in [3.63, 3.8) is 0 Å². The Balaban J connectivity index is 1.61. The normalized spacial score (nSPS) is 17.3. The highest BCUT2D eigenvalue weighted by Gasteiger charge is 2.22. The first-order valence-electron chi connectivity index (χ1n) is 6.22. The number of halogens is 1. The molecule has 0 bridgehead atoms. The maximum absolute atomic E-state index is 5.92. The van der Waals surface area contributed by atoms with Gasteiger partial charge in [-0.25, -0.2) is 4.98 Å². The monoisotopic (exact) mass is 294 g/mol. The topological polar surface area (TPSA) is 27.1 Å². The molecule has 1 atom stereocenters. The Morgan fingerprint density at radius 2 is 2.32 bits per heavy atom. The van der Waals surface area contributed by atoms with Crippen LogP contribution in [0.15, 0.2) is 35.6 Å². The summed E-state index contributed by atoms with van der Waals surface area (Å²) in [6.45, 7) is 0. The van der Waals surface area contributed by atoms with Gasteiger partial charge in [0.1, 0.15) is 11.9 Å². The van der Waals surface area contributed by atoms with E-state index in [4.69, 9.17) is 16.3 Å². The van der Waals surface area contributed by atoms with Gasteiger partial charge in [0, 0.05) is 19.2 Å². The molecule has 1 unspecified atom stereocenters. The van der Waals surface area contributed by atoms with Crippen molar-refractivity contribution in [3.8, 4) is 5.75 Å². The van der Waals surface area contributed by atoms with Crippen molar-refractivity contribution in [1.29, 1.82) is 0 Å². The van der Waals surface area contributed by atoms with Gasteiger partial charge in [0.2, 0.25) is 0 Å². The molecule has 1 aliphatic heterocycles. The van der Waals surface area contributed by atoms with Crippen LogP contribution in [0.3, 0.4) is 0 Å². The van der Waals surface area contributed by atoms with Crippen molar-refractivity contribution in [2.45, 2.75) is 23.6 Å². The Kier molecular flexibility index (Phi) is 3.71. The molecule has 0 aliphatic carbocycles. The first kappa shape index (κ1) is 12.9. The standard InChI is InChI=1S/C14H15ClN2OS/c1-17-11(7-15)8-16-14(17)19-9-12-6-10-4-2-3-5-13(10)18-12/h2-5,8,12H,6-7,9H2,1H3. The molecule has 1 aliphatic rings. The fourth-order valence-electron chi connectivity index (χ4n) is 2.20. The fourth-order valence-corrected chi connectivity index (χ4v) is 3.41. The zero-order chi connectivity index (χ0) is 13.2. The van der Waals surface area contributed by atoms with Gasteiger partial charge in [-0.15, -0.1) is 11.6 Å². The van der Waals surface area contributed by atoms with Gasteiger partial charge in [-0.2, -0.15) is 0 Å². The van der Waals surface area contributed by atoms with E-state index in [1.54, 1.807) is 11.8 Å². The van der Waals surface area contributed by atoms with Gasteiger partial charge in [-0.05, 0) is 11.6 Å². The smallest absolute Gasteiger partial charge is 0.168 e. The third kappa shape index (κ3) is 2.60. The third-order valence-corrected chi connectivity index (χ3v) is 4.74. The molecule has 0 N–H and O–H groups in total. The third-order valence-electron chi connectivity index (χ3n) is 3.29. The van der Waals surface area contributed by atoms with E-state index >= 15 is 0 Å². The Morgan fingerprint density at radius 1 is 1.47 bits per heavy atom. The summed E-state index contributed by atoms with van der Waals surface area (Å²) in [5.41, 5.74) is 2.34. The van der Waals surface area contributed by atoms with Crippen LogP contribution in [-0.2, 0) is 19.3 Å². The summed E-state index contributed by atoms with van der Waals surface area (Å²) < 4.78 is 7.96. The van der Waals surface area contributed by atoms with Crippen LogP contribution in [0.1, 0.15) is 11.3 Å². The second-order valence-corrected chi connectivity index (χ2v) is 5.84. The van der Waals surface area contributed by atoms with Gasteiger partial charge in [0.05, 0.1) is 17.8 Å². The second kappa shape index (κ2) is 5.47. The van der Waals surface area contributed by atoms with Gasteiger partial charge in [-0.3, -0.25) is 0 Å². The Labute approximate surface area is 121 Å². The number of hydrogen-bond donors (Lipinski definition) is 0. The molecular formula is C14H15ClN2OS. The number of fused-ring (bicyclic) bond motifs is 1. The lowest BCUT2D eigenvalue weighted by Gasteiger charge is -2.10. The van der Waals surface area contributed by atoms with E-state index in [-0.39, 0.29) is 6.10 Å². The summed E-state index contributed by atoms with van der Waals surface area (Å²) in [7, 11) is 2.00.